The number of hydrazine groups is 1. The quantitative estimate of drug-likeness (QED) is 0.528. The van der Waals surface area contributed by atoms with Gasteiger partial charge in [0, 0.05) is 15.6 Å². The van der Waals surface area contributed by atoms with Gasteiger partial charge in [0.05, 0.1) is 0 Å². The van der Waals surface area contributed by atoms with Gasteiger partial charge in [-0.2, -0.15) is 0 Å². The van der Waals surface area contributed by atoms with Crippen molar-refractivity contribution in [3.05, 3.63) is 34.3 Å². The van der Waals surface area contributed by atoms with E-state index in [4.69, 9.17) is 0 Å². The minimum absolute atomic E-state index is 0.357. The van der Waals surface area contributed by atoms with Crippen molar-refractivity contribution in [1.29, 1.82) is 0 Å². The second kappa shape index (κ2) is 6.51. The molecular formula is C13H16BrN3O3. The van der Waals surface area contributed by atoms with Crippen LogP contribution in [0.4, 0.5) is 0 Å². The number of hydrogen-bond donors (Lipinski definition) is 3. The van der Waals surface area contributed by atoms with Gasteiger partial charge in [0.15, 0.2) is 0 Å². The molecular weight excluding hydrogens is 326 g/mol. The molecule has 0 saturated carbocycles. The van der Waals surface area contributed by atoms with Crippen LogP contribution in [0.25, 0.3) is 0 Å². The fourth-order valence-electron chi connectivity index (χ4n) is 1.27. The Morgan fingerprint density at radius 3 is 2.25 bits per heavy atom. The van der Waals surface area contributed by atoms with Crippen LogP contribution in [-0.2, 0) is 9.59 Å². The van der Waals surface area contributed by atoms with Crippen molar-refractivity contribution in [1.82, 2.24) is 16.2 Å². The molecule has 3 amide bonds. The van der Waals surface area contributed by atoms with Gasteiger partial charge in [0.25, 0.3) is 5.91 Å². The smallest absolute Gasteiger partial charge is 0.327 e. The van der Waals surface area contributed by atoms with Crippen LogP contribution in [0.3, 0.4) is 0 Å². The molecule has 0 bridgehead atoms. The second-order valence-corrected chi connectivity index (χ2v) is 6.04. The molecule has 0 aliphatic carbocycles. The van der Waals surface area contributed by atoms with Crippen molar-refractivity contribution < 1.29 is 14.4 Å². The third-order valence-electron chi connectivity index (χ3n) is 2.07. The van der Waals surface area contributed by atoms with E-state index in [0.717, 1.165) is 4.47 Å². The Labute approximate surface area is 125 Å². The van der Waals surface area contributed by atoms with Gasteiger partial charge < -0.3 is 5.32 Å². The van der Waals surface area contributed by atoms with Crippen LogP contribution in [0.2, 0.25) is 0 Å². The number of rotatable bonds is 1. The maximum atomic E-state index is 11.7. The molecule has 0 fully saturated rings. The van der Waals surface area contributed by atoms with Gasteiger partial charge in [-0.15, -0.1) is 0 Å². The van der Waals surface area contributed by atoms with Gasteiger partial charge in [-0.05, 0) is 39.0 Å². The van der Waals surface area contributed by atoms with Crippen molar-refractivity contribution >= 4 is 33.7 Å². The fourth-order valence-corrected chi connectivity index (χ4v) is 1.67. The fraction of sp³-hybridized carbons (Fsp3) is 0.308. The molecule has 1 aromatic rings. The average molecular weight is 342 g/mol. The zero-order valence-electron chi connectivity index (χ0n) is 11.4. The van der Waals surface area contributed by atoms with Crippen molar-refractivity contribution in [2.45, 2.75) is 26.3 Å². The van der Waals surface area contributed by atoms with Crippen molar-refractivity contribution in [3.63, 3.8) is 0 Å². The Morgan fingerprint density at radius 2 is 1.70 bits per heavy atom. The lowest BCUT2D eigenvalue weighted by Gasteiger charge is -2.19. The number of nitrogens with one attached hydrogen (secondary N) is 3. The Bertz CT molecular complexity index is 538. The third-order valence-corrected chi connectivity index (χ3v) is 2.56. The highest BCUT2D eigenvalue weighted by Crippen LogP contribution is 2.11. The van der Waals surface area contributed by atoms with Crippen LogP contribution in [0.15, 0.2) is 28.7 Å². The maximum absolute atomic E-state index is 11.7. The van der Waals surface area contributed by atoms with Gasteiger partial charge in [-0.3, -0.25) is 25.2 Å². The van der Waals surface area contributed by atoms with E-state index in [0.29, 0.717) is 5.56 Å². The molecule has 0 spiro atoms. The molecule has 0 aliphatic heterocycles. The van der Waals surface area contributed by atoms with E-state index in [1.807, 2.05) is 0 Å². The number of carbonyl (C=O) groups excluding carboxylic acids is 3. The highest BCUT2D eigenvalue weighted by Gasteiger charge is 2.20. The molecule has 0 aromatic heterocycles. The summed E-state index contributed by atoms with van der Waals surface area (Å²) in [6.07, 6.45) is 0. The normalized spacial score (nSPS) is 10.6. The molecule has 3 N–H and O–H groups in total. The number of amides is 3. The van der Waals surface area contributed by atoms with E-state index in [1.165, 1.54) is 0 Å². The zero-order chi connectivity index (χ0) is 15.3. The van der Waals surface area contributed by atoms with Crippen LogP contribution < -0.4 is 16.2 Å². The van der Waals surface area contributed by atoms with E-state index in [9.17, 15) is 14.4 Å². The van der Waals surface area contributed by atoms with E-state index in [1.54, 1.807) is 45.0 Å². The molecule has 0 heterocycles. The topological polar surface area (TPSA) is 87.3 Å². The predicted octanol–water partition coefficient (Wildman–Crippen LogP) is 1.12. The molecule has 20 heavy (non-hydrogen) atoms. The van der Waals surface area contributed by atoms with E-state index < -0.39 is 23.3 Å². The first-order chi connectivity index (χ1) is 9.19. The summed E-state index contributed by atoms with van der Waals surface area (Å²) in [5, 5.41) is 2.48. The summed E-state index contributed by atoms with van der Waals surface area (Å²) in [7, 11) is 0. The zero-order valence-corrected chi connectivity index (χ0v) is 13.0. The van der Waals surface area contributed by atoms with Crippen molar-refractivity contribution in [2.24, 2.45) is 0 Å². The lowest BCUT2D eigenvalue weighted by molar-refractivity contribution is -0.140. The van der Waals surface area contributed by atoms with Crippen molar-refractivity contribution in [2.75, 3.05) is 0 Å². The number of hydrogen-bond acceptors (Lipinski definition) is 3. The van der Waals surface area contributed by atoms with Crippen LogP contribution in [-0.4, -0.2) is 23.3 Å². The first kappa shape index (κ1) is 16.2. The predicted molar refractivity (Wildman–Crippen MR) is 77.6 cm³/mol. The number of halogens is 1. The third kappa shape index (κ3) is 5.40. The van der Waals surface area contributed by atoms with Crippen LogP contribution in [0, 0.1) is 0 Å². The molecule has 0 unspecified atom stereocenters. The largest absolute Gasteiger partial charge is 0.343 e. The summed E-state index contributed by atoms with van der Waals surface area (Å²) in [5.74, 6) is -2.25. The maximum Gasteiger partial charge on any atom is 0.327 e. The Morgan fingerprint density at radius 1 is 1.05 bits per heavy atom. The van der Waals surface area contributed by atoms with Crippen molar-refractivity contribution in [3.8, 4) is 0 Å². The minimum Gasteiger partial charge on any atom is -0.343 e. The summed E-state index contributed by atoms with van der Waals surface area (Å²) in [4.78, 5) is 34.7. The van der Waals surface area contributed by atoms with Gasteiger partial charge in [-0.1, -0.05) is 22.0 Å². The average Bonchev–Trinajstić information content (AvgIpc) is 2.33. The Balaban J connectivity index is 2.53. The van der Waals surface area contributed by atoms with Crippen LogP contribution >= 0.6 is 15.9 Å². The molecule has 1 aromatic carbocycles. The Kier molecular flexibility index (Phi) is 5.26. The van der Waals surface area contributed by atoms with E-state index in [2.05, 4.69) is 32.1 Å². The molecule has 0 saturated heterocycles. The number of benzene rings is 1. The van der Waals surface area contributed by atoms with Gasteiger partial charge in [0.1, 0.15) is 0 Å². The molecule has 6 nitrogen and oxygen atoms in total. The summed E-state index contributed by atoms with van der Waals surface area (Å²) >= 11 is 3.24. The monoisotopic (exact) mass is 341 g/mol. The van der Waals surface area contributed by atoms with Gasteiger partial charge >= 0.3 is 11.8 Å². The number of carbonyl (C=O) groups is 3. The molecule has 7 heteroatoms. The second-order valence-electron chi connectivity index (χ2n) is 5.12. The molecule has 108 valence electrons. The first-order valence-corrected chi connectivity index (χ1v) is 6.67. The van der Waals surface area contributed by atoms with E-state index in [-0.39, 0.29) is 0 Å². The lowest BCUT2D eigenvalue weighted by atomic mass is 10.1. The molecule has 0 atom stereocenters. The lowest BCUT2D eigenvalue weighted by Crippen LogP contribution is -2.52. The standard InChI is InChI=1S/C13H16BrN3O3/c1-13(2,3)15-11(19)12(20)17-16-10(18)8-5-4-6-9(14)7-8/h4-7H,1-3H3,(H,15,19)(H,16,18)(H,17,20). The molecule has 0 aliphatic rings. The highest BCUT2D eigenvalue weighted by atomic mass is 79.9. The van der Waals surface area contributed by atoms with E-state index >= 15 is 0 Å². The van der Waals surface area contributed by atoms with Crippen LogP contribution in [0.5, 0.6) is 0 Å². The van der Waals surface area contributed by atoms with Crippen LogP contribution in [0.1, 0.15) is 31.1 Å². The minimum atomic E-state index is -0.928. The first-order valence-electron chi connectivity index (χ1n) is 5.87. The Hall–Kier alpha value is -1.89. The molecule has 0 radical (unpaired) electrons. The summed E-state index contributed by atoms with van der Waals surface area (Å²) < 4.78 is 0.738. The highest BCUT2D eigenvalue weighted by molar-refractivity contribution is 9.10. The summed E-state index contributed by atoms with van der Waals surface area (Å²) in [6, 6.07) is 6.64. The van der Waals surface area contributed by atoms with Gasteiger partial charge in [-0.25, -0.2) is 0 Å². The summed E-state index contributed by atoms with van der Waals surface area (Å²) in [6.45, 7) is 5.24. The summed E-state index contributed by atoms with van der Waals surface area (Å²) in [5.41, 5.74) is 4.06. The SMILES string of the molecule is CC(C)(C)NC(=O)C(=O)NNC(=O)c1cccc(Br)c1. The van der Waals surface area contributed by atoms with Gasteiger partial charge in [0.2, 0.25) is 0 Å². The molecule has 1 rings (SSSR count).